The van der Waals surface area contributed by atoms with Gasteiger partial charge in [0.15, 0.2) is 0 Å². The molecule has 0 aromatic heterocycles. The van der Waals surface area contributed by atoms with E-state index in [4.69, 9.17) is 5.26 Å². The summed E-state index contributed by atoms with van der Waals surface area (Å²) in [6, 6.07) is 6.21. The van der Waals surface area contributed by atoms with Crippen molar-refractivity contribution < 1.29 is 4.92 Å². The molecule has 0 heterocycles. The molecule has 0 bridgehead atoms. The lowest BCUT2D eigenvalue weighted by Gasteiger charge is -2.13. The molecular weight excluding hydrogens is 232 g/mol. The van der Waals surface area contributed by atoms with Crippen molar-refractivity contribution in [2.75, 3.05) is 25.5 Å². The molecule has 0 radical (unpaired) electrons. The number of hydrogen-bond donors (Lipinski definition) is 2. The molecule has 18 heavy (non-hydrogen) atoms. The Bertz CT molecular complexity index is 468. The molecule has 1 atom stereocenters. The summed E-state index contributed by atoms with van der Waals surface area (Å²) in [5, 5.41) is 25.8. The third kappa shape index (κ3) is 3.71. The number of nitriles is 1. The molecule has 1 aromatic rings. The summed E-state index contributed by atoms with van der Waals surface area (Å²) in [5.41, 5.74) is 0.854. The first-order valence-electron chi connectivity index (χ1n) is 5.65. The molecule has 1 aromatic carbocycles. The molecule has 96 valence electrons. The minimum absolute atomic E-state index is 0.0691. The molecule has 2 N–H and O–H groups in total. The van der Waals surface area contributed by atoms with Crippen LogP contribution in [0.15, 0.2) is 18.2 Å². The minimum Gasteiger partial charge on any atom is -0.384 e. The highest BCUT2D eigenvalue weighted by molar-refractivity contribution is 5.61. The van der Waals surface area contributed by atoms with Gasteiger partial charge in [-0.15, -0.1) is 0 Å². The zero-order valence-corrected chi connectivity index (χ0v) is 10.4. The Morgan fingerprint density at radius 1 is 1.50 bits per heavy atom. The fourth-order valence-corrected chi connectivity index (χ4v) is 1.60. The van der Waals surface area contributed by atoms with Gasteiger partial charge in [0.1, 0.15) is 6.07 Å². The topological polar surface area (TPSA) is 91.0 Å². The van der Waals surface area contributed by atoms with Crippen LogP contribution in [0.25, 0.3) is 0 Å². The maximum absolute atomic E-state index is 10.6. The minimum atomic E-state index is -0.506. The number of benzene rings is 1. The maximum atomic E-state index is 10.6. The van der Waals surface area contributed by atoms with E-state index in [1.165, 1.54) is 12.1 Å². The molecular formula is C12H16N4O2. The molecule has 0 aliphatic carbocycles. The second-order valence-corrected chi connectivity index (χ2v) is 4.14. The van der Waals surface area contributed by atoms with Crippen molar-refractivity contribution in [2.45, 2.75) is 6.92 Å². The van der Waals surface area contributed by atoms with Crippen LogP contribution in [0.4, 0.5) is 11.4 Å². The first-order chi connectivity index (χ1) is 8.58. The van der Waals surface area contributed by atoms with Gasteiger partial charge in [-0.3, -0.25) is 10.1 Å². The van der Waals surface area contributed by atoms with Gasteiger partial charge in [0.2, 0.25) is 0 Å². The number of rotatable bonds is 6. The van der Waals surface area contributed by atoms with E-state index < -0.39 is 4.92 Å². The Hall–Kier alpha value is -2.13. The van der Waals surface area contributed by atoms with E-state index in [2.05, 4.69) is 17.6 Å². The maximum Gasteiger partial charge on any atom is 0.270 e. The molecule has 0 saturated carbocycles. The SMILES string of the molecule is CNCC(C)CNc1ccc([N+](=O)[O-])cc1C#N. The predicted octanol–water partition coefficient (Wildman–Crippen LogP) is 1.73. The van der Waals surface area contributed by atoms with Gasteiger partial charge >= 0.3 is 0 Å². The summed E-state index contributed by atoms with van der Waals surface area (Å²) in [4.78, 5) is 10.1. The van der Waals surface area contributed by atoms with Crippen molar-refractivity contribution in [2.24, 2.45) is 5.92 Å². The summed E-state index contributed by atoms with van der Waals surface area (Å²) in [7, 11) is 1.88. The van der Waals surface area contributed by atoms with Crippen molar-refractivity contribution in [3.8, 4) is 6.07 Å². The number of nitrogens with one attached hydrogen (secondary N) is 2. The molecule has 0 spiro atoms. The highest BCUT2D eigenvalue weighted by Gasteiger charge is 2.11. The standard InChI is InChI=1S/C12H16N4O2/c1-9(7-14-2)8-15-12-4-3-11(16(17)18)5-10(12)6-13/h3-5,9,14-15H,7-8H2,1-2H3. The molecule has 0 aliphatic rings. The van der Waals surface area contributed by atoms with E-state index in [0.29, 0.717) is 23.7 Å². The van der Waals surface area contributed by atoms with Gasteiger partial charge in [0.25, 0.3) is 5.69 Å². The van der Waals surface area contributed by atoms with Gasteiger partial charge in [-0.1, -0.05) is 6.92 Å². The van der Waals surface area contributed by atoms with E-state index in [9.17, 15) is 10.1 Å². The fourth-order valence-electron chi connectivity index (χ4n) is 1.60. The third-order valence-electron chi connectivity index (χ3n) is 2.53. The van der Waals surface area contributed by atoms with Crippen LogP contribution >= 0.6 is 0 Å². The van der Waals surface area contributed by atoms with Gasteiger partial charge in [-0.05, 0) is 25.6 Å². The lowest BCUT2D eigenvalue weighted by Crippen LogP contribution is -2.23. The first-order valence-corrected chi connectivity index (χ1v) is 5.65. The van der Waals surface area contributed by atoms with Crippen LogP contribution in [0, 0.1) is 27.4 Å². The number of nitrogens with zero attached hydrogens (tertiary/aromatic N) is 2. The van der Waals surface area contributed by atoms with Crippen molar-refractivity contribution in [1.82, 2.24) is 5.32 Å². The molecule has 0 aliphatic heterocycles. The highest BCUT2D eigenvalue weighted by atomic mass is 16.6. The average Bonchev–Trinajstić information content (AvgIpc) is 2.36. The van der Waals surface area contributed by atoms with Gasteiger partial charge < -0.3 is 10.6 Å². The van der Waals surface area contributed by atoms with Crippen LogP contribution in [0.1, 0.15) is 12.5 Å². The van der Waals surface area contributed by atoms with E-state index in [0.717, 1.165) is 6.54 Å². The quantitative estimate of drug-likeness (QED) is 0.591. The highest BCUT2D eigenvalue weighted by Crippen LogP contribution is 2.21. The Morgan fingerprint density at radius 2 is 2.22 bits per heavy atom. The fraction of sp³-hybridized carbons (Fsp3) is 0.417. The van der Waals surface area contributed by atoms with E-state index in [1.54, 1.807) is 6.07 Å². The third-order valence-corrected chi connectivity index (χ3v) is 2.53. The van der Waals surface area contributed by atoms with Gasteiger partial charge in [-0.2, -0.15) is 5.26 Å². The van der Waals surface area contributed by atoms with Crippen molar-refractivity contribution in [1.29, 1.82) is 5.26 Å². The average molecular weight is 248 g/mol. The van der Waals surface area contributed by atoms with Crippen LogP contribution < -0.4 is 10.6 Å². The molecule has 6 nitrogen and oxygen atoms in total. The Balaban J connectivity index is 2.78. The van der Waals surface area contributed by atoms with Crippen LogP contribution in [0.5, 0.6) is 0 Å². The number of hydrogen-bond acceptors (Lipinski definition) is 5. The number of nitro groups is 1. The van der Waals surface area contributed by atoms with Crippen molar-refractivity contribution >= 4 is 11.4 Å². The monoisotopic (exact) mass is 248 g/mol. The molecule has 1 unspecified atom stereocenters. The second kappa shape index (κ2) is 6.57. The lowest BCUT2D eigenvalue weighted by molar-refractivity contribution is -0.384. The lowest BCUT2D eigenvalue weighted by atomic mass is 10.1. The van der Waals surface area contributed by atoms with Crippen LogP contribution in [-0.4, -0.2) is 25.1 Å². The van der Waals surface area contributed by atoms with Crippen LogP contribution in [0.3, 0.4) is 0 Å². The molecule has 0 fully saturated rings. The Morgan fingerprint density at radius 3 is 2.78 bits per heavy atom. The summed E-state index contributed by atoms with van der Waals surface area (Å²) < 4.78 is 0. The van der Waals surface area contributed by atoms with Crippen molar-refractivity contribution in [3.05, 3.63) is 33.9 Å². The molecule has 0 saturated heterocycles. The largest absolute Gasteiger partial charge is 0.384 e. The van der Waals surface area contributed by atoms with E-state index >= 15 is 0 Å². The molecule has 1 rings (SSSR count). The van der Waals surface area contributed by atoms with Crippen LogP contribution in [-0.2, 0) is 0 Å². The van der Waals surface area contributed by atoms with Crippen LogP contribution in [0.2, 0.25) is 0 Å². The smallest absolute Gasteiger partial charge is 0.270 e. The van der Waals surface area contributed by atoms with Crippen molar-refractivity contribution in [3.63, 3.8) is 0 Å². The summed E-state index contributed by atoms with van der Waals surface area (Å²) >= 11 is 0. The molecule has 0 amide bonds. The summed E-state index contributed by atoms with van der Waals surface area (Å²) in [5.74, 6) is 0.400. The number of nitro benzene ring substituents is 1. The first kappa shape index (κ1) is 13.9. The second-order valence-electron chi connectivity index (χ2n) is 4.14. The van der Waals surface area contributed by atoms with E-state index in [1.807, 2.05) is 13.1 Å². The normalized spacial score (nSPS) is 11.6. The zero-order valence-electron chi connectivity index (χ0n) is 10.4. The predicted molar refractivity (Wildman–Crippen MR) is 69.4 cm³/mol. The van der Waals surface area contributed by atoms with Gasteiger partial charge in [-0.25, -0.2) is 0 Å². The number of non-ortho nitro benzene ring substituents is 1. The Kier molecular flexibility index (Phi) is 5.08. The summed E-state index contributed by atoms with van der Waals surface area (Å²) in [6.07, 6.45) is 0. The van der Waals surface area contributed by atoms with E-state index in [-0.39, 0.29) is 5.69 Å². The Labute approximate surface area is 106 Å². The zero-order chi connectivity index (χ0) is 13.5. The van der Waals surface area contributed by atoms with Gasteiger partial charge in [0, 0.05) is 18.7 Å². The summed E-state index contributed by atoms with van der Waals surface area (Å²) in [6.45, 7) is 3.64. The van der Waals surface area contributed by atoms with Gasteiger partial charge in [0.05, 0.1) is 16.2 Å². The number of anilines is 1. The molecule has 6 heteroatoms.